The molecule has 0 bridgehead atoms. The van der Waals surface area contributed by atoms with E-state index in [1.165, 1.54) is 25.5 Å². The van der Waals surface area contributed by atoms with Gasteiger partial charge in [0.15, 0.2) is 5.82 Å². The van der Waals surface area contributed by atoms with E-state index in [9.17, 15) is 4.91 Å². The maximum Gasteiger partial charge on any atom is 1.00 e. The summed E-state index contributed by atoms with van der Waals surface area (Å²) in [4.78, 5) is 20.5. The molecule has 80 valence electrons. The van der Waals surface area contributed by atoms with Crippen molar-refractivity contribution < 1.29 is 29.6 Å². The third-order valence-corrected chi connectivity index (χ3v) is 2.46. The van der Waals surface area contributed by atoms with Crippen LogP contribution in [-0.4, -0.2) is 23.1 Å². The first-order valence-corrected chi connectivity index (χ1v) is 5.05. The van der Waals surface area contributed by atoms with Crippen LogP contribution in [0.15, 0.2) is 17.7 Å². The second-order valence-electron chi connectivity index (χ2n) is 3.51. The van der Waals surface area contributed by atoms with Crippen LogP contribution < -0.4 is 39.9 Å². The zero-order chi connectivity index (χ0) is 10.5. The topological polar surface area (TPSA) is 70.5 Å². The molecule has 1 aliphatic heterocycles. The predicted molar refractivity (Wildman–Crippen MR) is 57.5 cm³/mol. The first kappa shape index (κ1) is 13.3. The molecular formula is C9H13N5NaO+. The molecule has 1 saturated heterocycles. The van der Waals surface area contributed by atoms with Crippen LogP contribution in [0.5, 0.6) is 0 Å². The zero-order valence-electron chi connectivity index (χ0n) is 9.39. The number of hydrogen-bond acceptors (Lipinski definition) is 5. The Morgan fingerprint density at radius 3 is 2.69 bits per heavy atom. The summed E-state index contributed by atoms with van der Waals surface area (Å²) in [5.74, 6) is 1.21. The first-order valence-electron chi connectivity index (χ1n) is 5.05. The summed E-state index contributed by atoms with van der Waals surface area (Å²) < 4.78 is 0. The van der Waals surface area contributed by atoms with Crippen LogP contribution >= 0.6 is 0 Å². The molecule has 1 N–H and O–H groups in total. The van der Waals surface area contributed by atoms with Gasteiger partial charge in [-0.2, -0.15) is 0 Å². The summed E-state index contributed by atoms with van der Waals surface area (Å²) in [7, 11) is 0. The van der Waals surface area contributed by atoms with E-state index in [1.807, 2.05) is 0 Å². The first-order chi connectivity index (χ1) is 7.40. The Morgan fingerprint density at radius 1 is 1.25 bits per heavy atom. The Bertz CT molecular complexity index is 342. The molecule has 0 atom stereocenters. The average molecular weight is 230 g/mol. The molecule has 2 heterocycles. The SMILES string of the molecule is O=NNc1cncc(N2CCCCC2)n1.[Na+]. The van der Waals surface area contributed by atoms with Crippen molar-refractivity contribution in [3.05, 3.63) is 17.3 Å². The third-order valence-electron chi connectivity index (χ3n) is 2.46. The van der Waals surface area contributed by atoms with Crippen molar-refractivity contribution in [1.82, 2.24) is 9.97 Å². The number of nitroso groups, excluding NO2 is 1. The molecule has 0 unspecified atom stereocenters. The van der Waals surface area contributed by atoms with Gasteiger partial charge in [-0.3, -0.25) is 4.98 Å². The number of rotatable bonds is 3. The van der Waals surface area contributed by atoms with Crippen molar-refractivity contribution in [2.45, 2.75) is 19.3 Å². The van der Waals surface area contributed by atoms with Crippen molar-refractivity contribution in [1.29, 1.82) is 0 Å². The summed E-state index contributed by atoms with van der Waals surface area (Å²) in [5.41, 5.74) is 2.26. The third kappa shape index (κ3) is 3.40. The van der Waals surface area contributed by atoms with Crippen LogP contribution in [0, 0.1) is 4.91 Å². The zero-order valence-corrected chi connectivity index (χ0v) is 11.4. The van der Waals surface area contributed by atoms with E-state index in [2.05, 4.69) is 25.6 Å². The van der Waals surface area contributed by atoms with Crippen molar-refractivity contribution in [2.24, 2.45) is 5.29 Å². The van der Waals surface area contributed by atoms with Crippen LogP contribution in [0.1, 0.15) is 19.3 Å². The second-order valence-corrected chi connectivity index (χ2v) is 3.51. The molecule has 1 aromatic heterocycles. The molecule has 0 amide bonds. The fourth-order valence-corrected chi connectivity index (χ4v) is 1.73. The van der Waals surface area contributed by atoms with Crippen molar-refractivity contribution in [2.75, 3.05) is 23.4 Å². The fraction of sp³-hybridized carbons (Fsp3) is 0.556. The number of hydrogen-bond donors (Lipinski definition) is 1. The largest absolute Gasteiger partial charge is 1.00 e. The van der Waals surface area contributed by atoms with Gasteiger partial charge in [0.2, 0.25) is 0 Å². The smallest absolute Gasteiger partial charge is 0.355 e. The second kappa shape index (κ2) is 6.78. The molecule has 0 aromatic carbocycles. The maximum atomic E-state index is 10.0. The summed E-state index contributed by atoms with van der Waals surface area (Å²) in [6.45, 7) is 2.01. The monoisotopic (exact) mass is 230 g/mol. The summed E-state index contributed by atoms with van der Waals surface area (Å²) in [6, 6.07) is 0. The number of nitrogens with one attached hydrogen (secondary N) is 1. The Hall–Kier alpha value is -0.720. The molecule has 0 radical (unpaired) electrons. The van der Waals surface area contributed by atoms with E-state index in [1.54, 1.807) is 6.20 Å². The minimum absolute atomic E-state index is 0. The molecule has 1 aliphatic rings. The molecule has 6 nitrogen and oxygen atoms in total. The summed E-state index contributed by atoms with van der Waals surface area (Å²) in [6.07, 6.45) is 6.84. The van der Waals surface area contributed by atoms with Crippen molar-refractivity contribution in [3.63, 3.8) is 0 Å². The standard InChI is InChI=1S/C9H13N5O.Na/c15-13-12-8-6-10-7-9(11-8)14-4-2-1-3-5-14;/h6-7H,1-5H2,(H,11,12,15);/q;+1. The van der Waals surface area contributed by atoms with Crippen molar-refractivity contribution >= 4 is 11.6 Å². The number of piperidine rings is 1. The quantitative estimate of drug-likeness (QED) is 0.391. The van der Waals surface area contributed by atoms with Gasteiger partial charge < -0.3 is 4.90 Å². The van der Waals surface area contributed by atoms with E-state index in [0.717, 1.165) is 18.9 Å². The minimum atomic E-state index is 0. The molecule has 7 heteroatoms. The van der Waals surface area contributed by atoms with Gasteiger partial charge in [-0.25, -0.2) is 10.4 Å². The van der Waals surface area contributed by atoms with Crippen LogP contribution in [0.3, 0.4) is 0 Å². The molecule has 0 saturated carbocycles. The van der Waals surface area contributed by atoms with Gasteiger partial charge in [-0.15, -0.1) is 4.91 Å². The molecular weight excluding hydrogens is 217 g/mol. The van der Waals surface area contributed by atoms with E-state index >= 15 is 0 Å². The predicted octanol–water partition coefficient (Wildman–Crippen LogP) is -1.44. The van der Waals surface area contributed by atoms with Crippen LogP contribution in [0.4, 0.5) is 11.6 Å². The normalized spacial score (nSPS) is 15.1. The number of aromatic nitrogens is 2. The molecule has 1 fully saturated rings. The summed E-state index contributed by atoms with van der Waals surface area (Å²) >= 11 is 0. The van der Waals surface area contributed by atoms with Crippen LogP contribution in [0.2, 0.25) is 0 Å². The van der Waals surface area contributed by atoms with E-state index < -0.39 is 0 Å². The maximum absolute atomic E-state index is 10.0. The number of anilines is 2. The van der Waals surface area contributed by atoms with Gasteiger partial charge in [0.25, 0.3) is 0 Å². The minimum Gasteiger partial charge on any atom is -0.355 e. The van der Waals surface area contributed by atoms with E-state index in [-0.39, 0.29) is 29.6 Å². The molecule has 16 heavy (non-hydrogen) atoms. The van der Waals surface area contributed by atoms with E-state index in [0.29, 0.717) is 5.82 Å². The number of nitrogens with zero attached hydrogens (tertiary/aromatic N) is 4. The van der Waals surface area contributed by atoms with Gasteiger partial charge in [0.05, 0.1) is 17.7 Å². The van der Waals surface area contributed by atoms with Crippen LogP contribution in [0.25, 0.3) is 0 Å². The van der Waals surface area contributed by atoms with Crippen molar-refractivity contribution in [3.8, 4) is 0 Å². The van der Waals surface area contributed by atoms with Gasteiger partial charge >= 0.3 is 29.6 Å². The van der Waals surface area contributed by atoms with Gasteiger partial charge in [0.1, 0.15) is 5.82 Å². The Morgan fingerprint density at radius 2 is 2.00 bits per heavy atom. The molecule has 0 spiro atoms. The molecule has 0 aliphatic carbocycles. The van der Waals surface area contributed by atoms with Crippen LogP contribution in [-0.2, 0) is 0 Å². The summed E-state index contributed by atoms with van der Waals surface area (Å²) in [5, 5.41) is 2.57. The van der Waals surface area contributed by atoms with E-state index in [4.69, 9.17) is 0 Å². The Balaban J connectivity index is 0.00000128. The van der Waals surface area contributed by atoms with Gasteiger partial charge in [-0.1, -0.05) is 0 Å². The Kier molecular flexibility index (Phi) is 5.65. The van der Waals surface area contributed by atoms with Gasteiger partial charge in [0, 0.05) is 13.1 Å². The van der Waals surface area contributed by atoms with Gasteiger partial charge in [-0.05, 0) is 19.3 Å². The molecule has 1 aromatic rings. The fourth-order valence-electron chi connectivity index (χ4n) is 1.73. The Labute approximate surface area is 116 Å². The molecule has 2 rings (SSSR count). The average Bonchev–Trinajstić information content (AvgIpc) is 2.31.